The summed E-state index contributed by atoms with van der Waals surface area (Å²) in [5, 5.41) is 9.31. The summed E-state index contributed by atoms with van der Waals surface area (Å²) < 4.78 is 5.46. The molecule has 0 aliphatic rings. The second-order valence-corrected chi connectivity index (χ2v) is 8.60. The zero-order valence-corrected chi connectivity index (χ0v) is 17.9. The lowest BCUT2D eigenvalue weighted by Crippen LogP contribution is -2.37. The van der Waals surface area contributed by atoms with Crippen molar-refractivity contribution in [3.8, 4) is 0 Å². The molecular weight excluding hydrogens is 328 g/mol. The first-order chi connectivity index (χ1) is 12.2. The van der Waals surface area contributed by atoms with Crippen LogP contribution >= 0.6 is 0 Å². The predicted octanol–water partition coefficient (Wildman–Crippen LogP) is 6.37. The number of ether oxygens (including phenoxy) is 1. The summed E-state index contributed by atoms with van der Waals surface area (Å²) in [6.07, 6.45) is 13.3. The highest BCUT2D eigenvalue weighted by molar-refractivity contribution is 5.79. The number of rotatable bonds is 16. The first-order valence-corrected chi connectivity index (χ1v) is 10.6. The van der Waals surface area contributed by atoms with Crippen molar-refractivity contribution >= 4 is 11.9 Å². The Bertz CT molecular complexity index is 403. The molecule has 0 saturated heterocycles. The van der Waals surface area contributed by atoms with Gasteiger partial charge in [-0.05, 0) is 40.0 Å². The molecule has 0 aromatic rings. The molecule has 4 nitrogen and oxygen atoms in total. The van der Waals surface area contributed by atoms with E-state index < -0.39 is 16.8 Å². The molecule has 0 fully saturated rings. The molecule has 0 saturated carbocycles. The highest BCUT2D eigenvalue weighted by Crippen LogP contribution is 2.37. The Kier molecular flexibility index (Phi) is 12.6. The summed E-state index contributed by atoms with van der Waals surface area (Å²) in [7, 11) is 0. The van der Waals surface area contributed by atoms with Gasteiger partial charge in [-0.15, -0.1) is 0 Å². The fourth-order valence-electron chi connectivity index (χ4n) is 3.32. The Morgan fingerprint density at radius 2 is 1.27 bits per heavy atom. The quantitative estimate of drug-likeness (QED) is 0.253. The molecule has 1 N–H and O–H groups in total. The number of aliphatic carboxylic acids is 1. The van der Waals surface area contributed by atoms with Gasteiger partial charge >= 0.3 is 11.9 Å². The molecule has 26 heavy (non-hydrogen) atoms. The van der Waals surface area contributed by atoms with Crippen molar-refractivity contribution in [1.82, 2.24) is 0 Å². The van der Waals surface area contributed by atoms with Gasteiger partial charge in [-0.25, -0.2) is 0 Å². The first-order valence-electron chi connectivity index (χ1n) is 10.6. The van der Waals surface area contributed by atoms with Crippen LogP contribution in [0.3, 0.4) is 0 Å². The van der Waals surface area contributed by atoms with Crippen LogP contribution in [-0.2, 0) is 14.3 Å². The minimum Gasteiger partial charge on any atom is -0.481 e. The van der Waals surface area contributed by atoms with Crippen molar-refractivity contribution in [2.75, 3.05) is 6.61 Å². The lowest BCUT2D eigenvalue weighted by molar-refractivity contribution is -0.160. The number of hydrogen-bond donors (Lipinski definition) is 1. The van der Waals surface area contributed by atoms with Crippen molar-refractivity contribution in [2.24, 2.45) is 10.8 Å². The minimum absolute atomic E-state index is 0.259. The van der Waals surface area contributed by atoms with E-state index in [-0.39, 0.29) is 5.97 Å². The Labute approximate surface area is 161 Å². The molecule has 0 aliphatic carbocycles. The SMILES string of the molecule is CCCCCCCCCCCCOC(=O)C(C)(CC)CC(C)(C)C(=O)O. The van der Waals surface area contributed by atoms with Crippen LogP contribution in [0, 0.1) is 10.8 Å². The van der Waals surface area contributed by atoms with E-state index in [2.05, 4.69) is 6.92 Å². The van der Waals surface area contributed by atoms with Crippen LogP contribution in [0.4, 0.5) is 0 Å². The third-order valence-corrected chi connectivity index (χ3v) is 5.42. The van der Waals surface area contributed by atoms with E-state index in [4.69, 9.17) is 4.74 Å². The number of carboxylic acid groups (broad SMARTS) is 1. The van der Waals surface area contributed by atoms with Gasteiger partial charge in [0.1, 0.15) is 0 Å². The molecule has 1 unspecified atom stereocenters. The van der Waals surface area contributed by atoms with E-state index in [0.29, 0.717) is 19.4 Å². The molecule has 0 aliphatic heterocycles. The van der Waals surface area contributed by atoms with Gasteiger partial charge < -0.3 is 9.84 Å². The summed E-state index contributed by atoms with van der Waals surface area (Å²) in [5.41, 5.74) is -1.67. The van der Waals surface area contributed by atoms with E-state index in [1.807, 2.05) is 13.8 Å². The highest BCUT2D eigenvalue weighted by atomic mass is 16.5. The fourth-order valence-corrected chi connectivity index (χ4v) is 3.32. The van der Waals surface area contributed by atoms with Crippen molar-refractivity contribution < 1.29 is 19.4 Å². The number of hydrogen-bond acceptors (Lipinski definition) is 3. The van der Waals surface area contributed by atoms with Crippen LogP contribution in [-0.4, -0.2) is 23.7 Å². The molecule has 0 aromatic carbocycles. The van der Waals surface area contributed by atoms with Crippen molar-refractivity contribution in [2.45, 2.75) is 112 Å². The van der Waals surface area contributed by atoms with Crippen molar-refractivity contribution in [3.63, 3.8) is 0 Å². The van der Waals surface area contributed by atoms with Crippen LogP contribution in [0.25, 0.3) is 0 Å². The molecule has 0 bridgehead atoms. The molecule has 0 radical (unpaired) electrons. The van der Waals surface area contributed by atoms with E-state index in [1.165, 1.54) is 51.4 Å². The maximum atomic E-state index is 12.4. The summed E-state index contributed by atoms with van der Waals surface area (Å²) in [5.74, 6) is -1.13. The van der Waals surface area contributed by atoms with Gasteiger partial charge in [0, 0.05) is 0 Å². The predicted molar refractivity (Wildman–Crippen MR) is 107 cm³/mol. The number of carbonyl (C=O) groups is 2. The fraction of sp³-hybridized carbons (Fsp3) is 0.909. The average Bonchev–Trinajstić information content (AvgIpc) is 2.58. The van der Waals surface area contributed by atoms with Gasteiger partial charge in [-0.2, -0.15) is 0 Å². The van der Waals surface area contributed by atoms with Gasteiger partial charge in [0.2, 0.25) is 0 Å². The van der Waals surface area contributed by atoms with Gasteiger partial charge in [-0.3, -0.25) is 9.59 Å². The zero-order chi connectivity index (χ0) is 20.1. The number of unbranched alkanes of at least 4 members (excludes halogenated alkanes) is 9. The summed E-state index contributed by atoms with van der Waals surface area (Å²) in [4.78, 5) is 23.8. The lowest BCUT2D eigenvalue weighted by Gasteiger charge is -2.32. The number of carboxylic acids is 1. The molecule has 0 amide bonds. The summed E-state index contributed by atoms with van der Waals surface area (Å²) in [6.45, 7) is 9.75. The summed E-state index contributed by atoms with van der Waals surface area (Å²) >= 11 is 0. The normalized spacial score (nSPS) is 14.0. The topological polar surface area (TPSA) is 63.6 Å². The smallest absolute Gasteiger partial charge is 0.311 e. The maximum Gasteiger partial charge on any atom is 0.311 e. The molecule has 0 spiro atoms. The van der Waals surface area contributed by atoms with E-state index in [9.17, 15) is 14.7 Å². The van der Waals surface area contributed by atoms with Crippen LogP contribution < -0.4 is 0 Å². The van der Waals surface area contributed by atoms with Crippen LogP contribution in [0.2, 0.25) is 0 Å². The van der Waals surface area contributed by atoms with Gasteiger partial charge in [-0.1, -0.05) is 71.6 Å². The Morgan fingerprint density at radius 3 is 1.69 bits per heavy atom. The first kappa shape index (κ1) is 24.9. The van der Waals surface area contributed by atoms with Crippen molar-refractivity contribution in [3.05, 3.63) is 0 Å². The third-order valence-electron chi connectivity index (χ3n) is 5.42. The van der Waals surface area contributed by atoms with Gasteiger partial charge in [0.05, 0.1) is 17.4 Å². The Morgan fingerprint density at radius 1 is 0.808 bits per heavy atom. The second-order valence-electron chi connectivity index (χ2n) is 8.60. The second kappa shape index (κ2) is 13.2. The van der Waals surface area contributed by atoms with E-state index in [0.717, 1.165) is 12.8 Å². The third kappa shape index (κ3) is 10.2. The highest BCUT2D eigenvalue weighted by Gasteiger charge is 2.42. The van der Waals surface area contributed by atoms with Crippen molar-refractivity contribution in [1.29, 1.82) is 0 Å². The van der Waals surface area contributed by atoms with E-state index >= 15 is 0 Å². The average molecular weight is 371 g/mol. The minimum atomic E-state index is -0.930. The number of esters is 1. The van der Waals surface area contributed by atoms with Gasteiger partial charge in [0.25, 0.3) is 0 Å². The van der Waals surface area contributed by atoms with Crippen LogP contribution in [0.1, 0.15) is 112 Å². The standard InChI is InChI=1S/C22H42O4/c1-6-8-9-10-11-12-13-14-15-16-17-26-20(25)22(5,7-2)18-21(3,4)19(23)24/h6-18H2,1-5H3,(H,23,24). The molecule has 1 atom stereocenters. The largest absolute Gasteiger partial charge is 0.481 e. The molecule has 0 heterocycles. The van der Waals surface area contributed by atoms with E-state index in [1.54, 1.807) is 13.8 Å². The zero-order valence-electron chi connectivity index (χ0n) is 17.9. The molecule has 4 heteroatoms. The molecule has 0 aromatic heterocycles. The van der Waals surface area contributed by atoms with Crippen LogP contribution in [0.5, 0.6) is 0 Å². The molecule has 0 rings (SSSR count). The number of carbonyl (C=O) groups excluding carboxylic acids is 1. The molecule has 154 valence electrons. The Balaban J connectivity index is 3.93. The molecular formula is C22H42O4. The Hall–Kier alpha value is -1.06. The maximum absolute atomic E-state index is 12.4. The van der Waals surface area contributed by atoms with Crippen LogP contribution in [0.15, 0.2) is 0 Å². The monoisotopic (exact) mass is 370 g/mol. The summed E-state index contributed by atoms with van der Waals surface area (Å²) in [6, 6.07) is 0. The lowest BCUT2D eigenvalue weighted by atomic mass is 9.72. The van der Waals surface area contributed by atoms with Gasteiger partial charge in [0.15, 0.2) is 0 Å².